The molecule has 0 heterocycles. The van der Waals surface area contributed by atoms with Crippen molar-refractivity contribution in [2.75, 3.05) is 11.1 Å². The third-order valence-electron chi connectivity index (χ3n) is 2.46. The predicted octanol–water partition coefficient (Wildman–Crippen LogP) is 2.85. The molecule has 0 bridgehead atoms. The van der Waals surface area contributed by atoms with Gasteiger partial charge in [-0.15, -0.1) is 12.4 Å². The van der Waals surface area contributed by atoms with E-state index in [2.05, 4.69) is 5.32 Å². The first kappa shape index (κ1) is 15.5. The lowest BCUT2D eigenvalue weighted by Gasteiger charge is -2.05. The average molecular weight is 294 g/mol. The molecule has 3 N–H and O–H groups in total. The highest BCUT2D eigenvalue weighted by molar-refractivity contribution is 6.04. The molecule has 0 aliphatic rings. The maximum Gasteiger partial charge on any atom is 0.270 e. The van der Waals surface area contributed by atoms with Crippen LogP contribution in [0.1, 0.15) is 10.4 Å². The molecule has 20 heavy (non-hydrogen) atoms. The number of benzene rings is 2. The largest absolute Gasteiger partial charge is 0.399 e. The van der Waals surface area contributed by atoms with Gasteiger partial charge in [0.25, 0.3) is 11.6 Å². The monoisotopic (exact) mass is 293 g/mol. The number of hydrogen-bond donors (Lipinski definition) is 2. The summed E-state index contributed by atoms with van der Waals surface area (Å²) in [5.74, 6) is -0.422. The molecule has 0 unspecified atom stereocenters. The number of rotatable bonds is 3. The summed E-state index contributed by atoms with van der Waals surface area (Å²) in [6, 6.07) is 12.2. The van der Waals surface area contributed by atoms with Crippen LogP contribution in [0.15, 0.2) is 48.5 Å². The minimum Gasteiger partial charge on any atom is -0.399 e. The van der Waals surface area contributed by atoms with E-state index in [0.717, 1.165) is 0 Å². The summed E-state index contributed by atoms with van der Waals surface area (Å²) in [6.45, 7) is 0. The highest BCUT2D eigenvalue weighted by Crippen LogP contribution is 2.16. The zero-order valence-electron chi connectivity index (χ0n) is 10.3. The average Bonchev–Trinajstić information content (AvgIpc) is 2.39. The fourth-order valence-electron chi connectivity index (χ4n) is 1.58. The Morgan fingerprint density at radius 2 is 1.85 bits per heavy atom. The lowest BCUT2D eigenvalue weighted by atomic mass is 10.2. The van der Waals surface area contributed by atoms with Gasteiger partial charge in [0.05, 0.1) is 4.92 Å². The van der Waals surface area contributed by atoms with Crippen LogP contribution < -0.4 is 11.1 Å². The summed E-state index contributed by atoms with van der Waals surface area (Å²) in [5, 5.41) is 13.3. The highest BCUT2D eigenvalue weighted by atomic mass is 35.5. The first-order valence-corrected chi connectivity index (χ1v) is 5.47. The molecule has 7 heteroatoms. The van der Waals surface area contributed by atoms with Crippen LogP contribution in [0.5, 0.6) is 0 Å². The Labute approximate surface area is 121 Å². The number of nitrogen functional groups attached to an aromatic ring is 1. The van der Waals surface area contributed by atoms with E-state index in [-0.39, 0.29) is 23.7 Å². The van der Waals surface area contributed by atoms with Crippen LogP contribution in [0.25, 0.3) is 0 Å². The molecule has 0 saturated heterocycles. The van der Waals surface area contributed by atoms with Crippen molar-refractivity contribution in [3.05, 3.63) is 64.2 Å². The van der Waals surface area contributed by atoms with Gasteiger partial charge in [0.2, 0.25) is 0 Å². The maximum atomic E-state index is 11.9. The number of halogens is 1. The van der Waals surface area contributed by atoms with Gasteiger partial charge in [0.1, 0.15) is 0 Å². The molecular formula is C13H12ClN3O3. The molecule has 2 rings (SSSR count). The van der Waals surface area contributed by atoms with Gasteiger partial charge in [-0.05, 0) is 24.3 Å². The molecule has 0 aliphatic heterocycles. The summed E-state index contributed by atoms with van der Waals surface area (Å²) in [4.78, 5) is 22.0. The topological polar surface area (TPSA) is 98.3 Å². The summed E-state index contributed by atoms with van der Waals surface area (Å²) in [5.41, 5.74) is 6.75. The number of amides is 1. The Morgan fingerprint density at radius 3 is 2.50 bits per heavy atom. The van der Waals surface area contributed by atoms with Gasteiger partial charge in [0, 0.05) is 29.1 Å². The van der Waals surface area contributed by atoms with Crippen LogP contribution in [-0.4, -0.2) is 10.8 Å². The molecule has 0 saturated carbocycles. The quantitative estimate of drug-likeness (QED) is 0.516. The molecule has 104 valence electrons. The van der Waals surface area contributed by atoms with Crippen molar-refractivity contribution >= 4 is 35.4 Å². The predicted molar refractivity (Wildman–Crippen MR) is 79.2 cm³/mol. The van der Waals surface area contributed by atoms with Gasteiger partial charge < -0.3 is 11.1 Å². The Hall–Kier alpha value is -2.60. The number of hydrogen-bond acceptors (Lipinski definition) is 4. The standard InChI is InChI=1S/C13H11N3O3.ClH/c14-10-4-2-5-11(8-10)15-13(17)9-3-1-6-12(7-9)16(18)19;/h1-8H,14H2,(H,15,17);1H. The third-order valence-corrected chi connectivity index (χ3v) is 2.46. The van der Waals surface area contributed by atoms with Crippen LogP contribution in [0.2, 0.25) is 0 Å². The second-order valence-corrected chi connectivity index (χ2v) is 3.89. The normalized spacial score (nSPS) is 9.40. The Balaban J connectivity index is 0.00000200. The van der Waals surface area contributed by atoms with Gasteiger partial charge in [-0.1, -0.05) is 12.1 Å². The maximum absolute atomic E-state index is 11.9. The van der Waals surface area contributed by atoms with Crippen molar-refractivity contribution in [3.8, 4) is 0 Å². The molecule has 0 aliphatic carbocycles. The molecule has 6 nitrogen and oxygen atoms in total. The van der Waals surface area contributed by atoms with Gasteiger partial charge in [-0.25, -0.2) is 0 Å². The van der Waals surface area contributed by atoms with Crippen molar-refractivity contribution in [2.24, 2.45) is 0 Å². The van der Waals surface area contributed by atoms with Crippen molar-refractivity contribution in [3.63, 3.8) is 0 Å². The molecule has 0 radical (unpaired) electrons. The molecular weight excluding hydrogens is 282 g/mol. The number of nitro benzene ring substituents is 1. The minimum absolute atomic E-state index is 0. The van der Waals surface area contributed by atoms with Crippen molar-refractivity contribution in [1.29, 1.82) is 0 Å². The fourth-order valence-corrected chi connectivity index (χ4v) is 1.58. The lowest BCUT2D eigenvalue weighted by Crippen LogP contribution is -2.12. The van der Waals surface area contributed by atoms with Crippen LogP contribution in [0.4, 0.5) is 17.1 Å². The van der Waals surface area contributed by atoms with E-state index in [1.807, 2.05) is 0 Å². The zero-order chi connectivity index (χ0) is 13.8. The van der Waals surface area contributed by atoms with Crippen molar-refractivity contribution < 1.29 is 9.72 Å². The number of anilines is 2. The SMILES string of the molecule is Cl.Nc1cccc(NC(=O)c2cccc([N+](=O)[O-])c2)c1. The number of non-ortho nitro benzene ring substituents is 1. The molecule has 1 amide bonds. The summed E-state index contributed by atoms with van der Waals surface area (Å²) in [7, 11) is 0. The molecule has 0 spiro atoms. The molecule has 0 fully saturated rings. The van der Waals surface area contributed by atoms with E-state index >= 15 is 0 Å². The van der Waals surface area contributed by atoms with E-state index in [1.54, 1.807) is 24.3 Å². The van der Waals surface area contributed by atoms with Gasteiger partial charge >= 0.3 is 0 Å². The second-order valence-electron chi connectivity index (χ2n) is 3.89. The van der Waals surface area contributed by atoms with E-state index in [4.69, 9.17) is 5.73 Å². The van der Waals surface area contributed by atoms with Crippen LogP contribution in [0, 0.1) is 10.1 Å². The number of carbonyl (C=O) groups excluding carboxylic acids is 1. The summed E-state index contributed by atoms with van der Waals surface area (Å²) < 4.78 is 0. The zero-order valence-corrected chi connectivity index (χ0v) is 11.1. The minimum atomic E-state index is -0.544. The Bertz CT molecular complexity index is 646. The number of nitrogens with one attached hydrogen (secondary N) is 1. The summed E-state index contributed by atoms with van der Waals surface area (Å²) in [6.07, 6.45) is 0. The van der Waals surface area contributed by atoms with Crippen molar-refractivity contribution in [2.45, 2.75) is 0 Å². The van der Waals surface area contributed by atoms with Gasteiger partial charge in [-0.3, -0.25) is 14.9 Å². The van der Waals surface area contributed by atoms with E-state index in [1.165, 1.54) is 24.3 Å². The van der Waals surface area contributed by atoms with Gasteiger partial charge in [0.15, 0.2) is 0 Å². The molecule has 2 aromatic rings. The Morgan fingerprint density at radius 1 is 1.15 bits per heavy atom. The smallest absolute Gasteiger partial charge is 0.270 e. The van der Waals surface area contributed by atoms with Crippen LogP contribution in [0.3, 0.4) is 0 Å². The number of carbonyl (C=O) groups is 1. The highest BCUT2D eigenvalue weighted by Gasteiger charge is 2.11. The number of nitro groups is 1. The Kier molecular flexibility index (Phi) is 5.05. The first-order valence-electron chi connectivity index (χ1n) is 5.47. The van der Waals surface area contributed by atoms with E-state index in [0.29, 0.717) is 11.4 Å². The van der Waals surface area contributed by atoms with Crippen LogP contribution >= 0.6 is 12.4 Å². The summed E-state index contributed by atoms with van der Waals surface area (Å²) >= 11 is 0. The van der Waals surface area contributed by atoms with E-state index in [9.17, 15) is 14.9 Å². The third kappa shape index (κ3) is 3.69. The molecule has 0 atom stereocenters. The van der Waals surface area contributed by atoms with Crippen molar-refractivity contribution in [1.82, 2.24) is 0 Å². The number of nitrogens with zero attached hydrogens (tertiary/aromatic N) is 1. The molecule has 2 aromatic carbocycles. The number of nitrogens with two attached hydrogens (primary N) is 1. The first-order chi connectivity index (χ1) is 9.06. The van der Waals surface area contributed by atoms with E-state index < -0.39 is 10.8 Å². The lowest BCUT2D eigenvalue weighted by molar-refractivity contribution is -0.384. The van der Waals surface area contributed by atoms with Gasteiger partial charge in [-0.2, -0.15) is 0 Å². The second kappa shape index (κ2) is 6.53. The van der Waals surface area contributed by atoms with Crippen LogP contribution in [-0.2, 0) is 0 Å². The molecule has 0 aromatic heterocycles. The fraction of sp³-hybridized carbons (Fsp3) is 0.